The number of rotatable bonds is 4. The van der Waals surface area contributed by atoms with Crippen LogP contribution < -0.4 is 5.32 Å². The molecular weight excluding hydrogens is 396 g/mol. The van der Waals surface area contributed by atoms with Crippen LogP contribution >= 0.6 is 15.9 Å². The second-order valence-electron chi connectivity index (χ2n) is 5.79. The van der Waals surface area contributed by atoms with Gasteiger partial charge in [-0.15, -0.1) is 0 Å². The number of hydrogen-bond donors (Lipinski definition) is 1. The van der Waals surface area contributed by atoms with Crippen molar-refractivity contribution >= 4 is 37.1 Å². The van der Waals surface area contributed by atoms with Crippen LogP contribution in [0.15, 0.2) is 45.8 Å². The predicted molar refractivity (Wildman–Crippen MR) is 95.0 cm³/mol. The lowest BCUT2D eigenvalue weighted by Crippen LogP contribution is -2.11. The van der Waals surface area contributed by atoms with Crippen molar-refractivity contribution < 1.29 is 13.3 Å². The molecule has 0 aliphatic heterocycles. The molecule has 0 amide bonds. The van der Waals surface area contributed by atoms with Crippen molar-refractivity contribution in [2.24, 2.45) is 0 Å². The van der Waals surface area contributed by atoms with Crippen molar-refractivity contribution in [1.29, 1.82) is 0 Å². The zero-order valence-electron chi connectivity index (χ0n) is 12.8. The smallest absolute Gasteiger partial charge is 0.270 e. The average Bonchev–Trinajstić information content (AvgIpc) is 2.88. The monoisotopic (exact) mass is 410 g/mol. The molecule has 0 spiro atoms. The van der Waals surface area contributed by atoms with Gasteiger partial charge in [-0.2, -0.15) is 0 Å². The van der Waals surface area contributed by atoms with E-state index in [1.165, 1.54) is 17.7 Å². The minimum absolute atomic E-state index is 0.0185. The van der Waals surface area contributed by atoms with Gasteiger partial charge in [0.05, 0.1) is 21.5 Å². The highest BCUT2D eigenvalue weighted by Gasteiger charge is 2.25. The van der Waals surface area contributed by atoms with Gasteiger partial charge in [0.25, 0.3) is 5.69 Å². The van der Waals surface area contributed by atoms with Crippen molar-refractivity contribution in [2.75, 3.05) is 11.6 Å². The molecule has 2 aromatic rings. The van der Waals surface area contributed by atoms with Crippen LogP contribution in [0.3, 0.4) is 0 Å². The molecule has 0 bridgehead atoms. The summed E-state index contributed by atoms with van der Waals surface area (Å²) < 4.78 is 25.1. The maximum absolute atomic E-state index is 12.0. The normalized spacial score (nSPS) is 16.7. The van der Waals surface area contributed by atoms with E-state index in [-0.39, 0.29) is 16.6 Å². The molecule has 1 N–H and O–H groups in total. The maximum atomic E-state index is 12.0. The molecule has 6 nitrogen and oxygen atoms in total. The number of hydrogen-bond acceptors (Lipinski definition) is 5. The molecule has 1 unspecified atom stereocenters. The van der Waals surface area contributed by atoms with Gasteiger partial charge in [0.2, 0.25) is 0 Å². The lowest BCUT2D eigenvalue weighted by Gasteiger charge is -2.18. The van der Waals surface area contributed by atoms with Gasteiger partial charge in [0.15, 0.2) is 9.84 Å². The van der Waals surface area contributed by atoms with E-state index in [2.05, 4.69) is 27.3 Å². The number of nitrogens with one attached hydrogen (secondary N) is 1. The van der Waals surface area contributed by atoms with Crippen molar-refractivity contribution in [3.8, 4) is 0 Å². The Hall–Kier alpha value is -1.93. The van der Waals surface area contributed by atoms with Gasteiger partial charge in [-0.05, 0) is 42.2 Å². The van der Waals surface area contributed by atoms with E-state index >= 15 is 0 Å². The Labute approximate surface area is 148 Å². The summed E-state index contributed by atoms with van der Waals surface area (Å²) in [6.07, 6.45) is 2.79. The molecule has 0 aromatic heterocycles. The molecule has 0 fully saturated rings. The fourth-order valence-electron chi connectivity index (χ4n) is 2.97. The Morgan fingerprint density at radius 1 is 1.25 bits per heavy atom. The largest absolute Gasteiger partial charge is 0.377 e. The van der Waals surface area contributed by atoms with Gasteiger partial charge in [-0.3, -0.25) is 10.1 Å². The standard InChI is InChI=1S/C16H15BrN2O4S/c1-24(22,23)16-9-12(19(20)21)4-7-15(16)18-14-6-2-10-8-11(17)3-5-13(10)14/h3-5,7-9,14,18H,2,6H2,1H3. The topological polar surface area (TPSA) is 89.3 Å². The third-order valence-corrected chi connectivity index (χ3v) is 5.72. The van der Waals surface area contributed by atoms with Gasteiger partial charge in [0.1, 0.15) is 0 Å². The Morgan fingerprint density at radius 3 is 2.67 bits per heavy atom. The number of non-ortho nitro benzene ring substituents is 1. The van der Waals surface area contributed by atoms with Crippen LogP contribution in [0.25, 0.3) is 0 Å². The molecule has 1 atom stereocenters. The summed E-state index contributed by atoms with van der Waals surface area (Å²) in [5.74, 6) is 0. The van der Waals surface area contributed by atoms with Crippen LogP contribution in [-0.2, 0) is 16.3 Å². The first-order chi connectivity index (χ1) is 11.3. The molecule has 126 valence electrons. The van der Waals surface area contributed by atoms with E-state index in [1.54, 1.807) is 0 Å². The third-order valence-electron chi connectivity index (χ3n) is 4.09. The van der Waals surface area contributed by atoms with E-state index in [0.29, 0.717) is 5.69 Å². The molecule has 2 aromatic carbocycles. The summed E-state index contributed by atoms with van der Waals surface area (Å²) in [6.45, 7) is 0. The summed E-state index contributed by atoms with van der Waals surface area (Å²) in [5, 5.41) is 14.2. The van der Waals surface area contributed by atoms with Crippen molar-refractivity contribution in [3.63, 3.8) is 0 Å². The lowest BCUT2D eigenvalue weighted by molar-refractivity contribution is -0.385. The van der Waals surface area contributed by atoms with Gasteiger partial charge in [-0.1, -0.05) is 22.0 Å². The zero-order chi connectivity index (χ0) is 17.5. The molecule has 3 rings (SSSR count). The molecule has 0 radical (unpaired) electrons. The number of nitro groups is 1. The summed E-state index contributed by atoms with van der Waals surface area (Å²) in [5.41, 5.74) is 2.49. The molecule has 8 heteroatoms. The van der Waals surface area contributed by atoms with E-state index in [4.69, 9.17) is 0 Å². The summed E-state index contributed by atoms with van der Waals surface area (Å²) in [7, 11) is -3.59. The minimum atomic E-state index is -3.59. The number of nitro benzene ring substituents is 1. The van der Waals surface area contributed by atoms with Crippen LogP contribution in [0, 0.1) is 10.1 Å². The van der Waals surface area contributed by atoms with Crippen molar-refractivity contribution in [1.82, 2.24) is 0 Å². The minimum Gasteiger partial charge on any atom is -0.377 e. The van der Waals surface area contributed by atoms with Gasteiger partial charge in [0, 0.05) is 22.9 Å². The molecule has 1 aliphatic rings. The molecule has 1 aliphatic carbocycles. The van der Waals surface area contributed by atoms with Gasteiger partial charge >= 0.3 is 0 Å². The first kappa shape index (κ1) is 16.9. The number of nitrogens with zero attached hydrogens (tertiary/aromatic N) is 1. The van der Waals surface area contributed by atoms with Crippen LogP contribution in [-0.4, -0.2) is 19.6 Å². The zero-order valence-corrected chi connectivity index (χ0v) is 15.2. The summed E-state index contributed by atoms with van der Waals surface area (Å²) in [4.78, 5) is 10.3. The Kier molecular flexibility index (Phi) is 4.35. The fourth-order valence-corrected chi connectivity index (χ4v) is 4.24. The van der Waals surface area contributed by atoms with Crippen LogP contribution in [0.4, 0.5) is 11.4 Å². The first-order valence-corrected chi connectivity index (χ1v) is 9.97. The number of aryl methyl sites for hydroxylation is 1. The SMILES string of the molecule is CS(=O)(=O)c1cc([N+](=O)[O-])ccc1NC1CCc2cc(Br)ccc21. The number of halogens is 1. The van der Waals surface area contributed by atoms with E-state index in [0.717, 1.165) is 35.2 Å². The molecule has 0 saturated heterocycles. The number of anilines is 1. The van der Waals surface area contributed by atoms with Crippen LogP contribution in [0.2, 0.25) is 0 Å². The molecular formula is C16H15BrN2O4S. The molecule has 24 heavy (non-hydrogen) atoms. The fraction of sp³-hybridized carbons (Fsp3) is 0.250. The number of sulfone groups is 1. The molecule has 0 saturated carbocycles. The van der Waals surface area contributed by atoms with Crippen molar-refractivity contribution in [2.45, 2.75) is 23.8 Å². The number of fused-ring (bicyclic) bond motifs is 1. The van der Waals surface area contributed by atoms with E-state index in [1.807, 2.05) is 12.1 Å². The van der Waals surface area contributed by atoms with E-state index < -0.39 is 14.8 Å². The van der Waals surface area contributed by atoms with Gasteiger partial charge in [-0.25, -0.2) is 8.42 Å². The van der Waals surface area contributed by atoms with Crippen LogP contribution in [0.1, 0.15) is 23.6 Å². The Morgan fingerprint density at radius 2 is 2.00 bits per heavy atom. The quantitative estimate of drug-likeness (QED) is 0.610. The predicted octanol–water partition coefficient (Wildman–Crippen LogP) is 3.86. The van der Waals surface area contributed by atoms with Crippen LogP contribution in [0.5, 0.6) is 0 Å². The third kappa shape index (κ3) is 3.29. The van der Waals surface area contributed by atoms with E-state index in [9.17, 15) is 18.5 Å². The Balaban J connectivity index is 1.99. The second-order valence-corrected chi connectivity index (χ2v) is 8.69. The highest BCUT2D eigenvalue weighted by atomic mass is 79.9. The Bertz CT molecular complexity index is 928. The number of benzene rings is 2. The lowest BCUT2D eigenvalue weighted by atomic mass is 10.1. The average molecular weight is 411 g/mol. The first-order valence-electron chi connectivity index (χ1n) is 7.29. The van der Waals surface area contributed by atoms with Crippen molar-refractivity contribution in [3.05, 3.63) is 62.1 Å². The van der Waals surface area contributed by atoms with Gasteiger partial charge < -0.3 is 5.32 Å². The highest BCUT2D eigenvalue weighted by Crippen LogP contribution is 2.37. The highest BCUT2D eigenvalue weighted by molar-refractivity contribution is 9.10. The summed E-state index contributed by atoms with van der Waals surface area (Å²) >= 11 is 3.45. The second kappa shape index (κ2) is 6.18. The summed E-state index contributed by atoms with van der Waals surface area (Å²) in [6, 6.07) is 9.89. The maximum Gasteiger partial charge on any atom is 0.270 e. The molecule has 0 heterocycles.